The van der Waals surface area contributed by atoms with Crippen LogP contribution in [0.1, 0.15) is 30.5 Å². The van der Waals surface area contributed by atoms with Crippen LogP contribution < -0.4 is 5.56 Å². The van der Waals surface area contributed by atoms with Crippen molar-refractivity contribution in [1.82, 2.24) is 18.9 Å². The smallest absolute Gasteiger partial charge is 0.253 e. The lowest BCUT2D eigenvalue weighted by molar-refractivity contribution is -0.133. The Morgan fingerprint density at radius 3 is 2.73 bits per heavy atom. The quantitative estimate of drug-likeness (QED) is 0.729. The van der Waals surface area contributed by atoms with Gasteiger partial charge in [0.2, 0.25) is 5.91 Å². The highest BCUT2D eigenvalue weighted by Gasteiger charge is 2.19. The van der Waals surface area contributed by atoms with Crippen LogP contribution in [-0.4, -0.2) is 31.3 Å². The topological polar surface area (TPSA) is 59.6 Å². The number of piperidine rings is 1. The molecule has 1 aliphatic rings. The van der Waals surface area contributed by atoms with Crippen LogP contribution in [0.5, 0.6) is 0 Å². The van der Waals surface area contributed by atoms with Crippen LogP contribution in [0.4, 0.5) is 0 Å². The number of imidazole rings is 1. The molecular formula is C20H22N4O2. The lowest BCUT2D eigenvalue weighted by Gasteiger charge is -2.26. The molecule has 3 aromatic rings. The highest BCUT2D eigenvalue weighted by atomic mass is 16.2. The molecule has 0 aliphatic carbocycles. The molecule has 0 bridgehead atoms. The van der Waals surface area contributed by atoms with Gasteiger partial charge in [-0.3, -0.25) is 9.59 Å². The minimum atomic E-state index is 0.0155. The van der Waals surface area contributed by atoms with Gasteiger partial charge in [-0.1, -0.05) is 0 Å². The van der Waals surface area contributed by atoms with E-state index >= 15 is 0 Å². The Morgan fingerprint density at radius 1 is 1.12 bits per heavy atom. The highest BCUT2D eigenvalue weighted by molar-refractivity contribution is 5.76. The number of nitrogens with zero attached hydrogens (tertiary/aromatic N) is 4. The van der Waals surface area contributed by atoms with E-state index < -0.39 is 0 Å². The zero-order valence-corrected chi connectivity index (χ0v) is 15.1. The Bertz CT molecular complexity index is 1020. The summed E-state index contributed by atoms with van der Waals surface area (Å²) >= 11 is 0. The molecule has 0 unspecified atom stereocenters. The largest absolute Gasteiger partial charge is 0.337 e. The number of rotatable bonds is 3. The van der Waals surface area contributed by atoms with Gasteiger partial charge >= 0.3 is 0 Å². The van der Waals surface area contributed by atoms with Gasteiger partial charge in [-0.05, 0) is 49.1 Å². The number of carbonyl (C=O) groups excluding carboxylic acids is 1. The summed E-state index contributed by atoms with van der Waals surface area (Å²) in [7, 11) is 1.77. The molecule has 1 saturated heterocycles. The van der Waals surface area contributed by atoms with Crippen LogP contribution in [-0.2, 0) is 18.4 Å². The molecule has 0 radical (unpaired) electrons. The second-order valence-corrected chi connectivity index (χ2v) is 7.00. The molecule has 1 amide bonds. The number of pyridine rings is 2. The minimum absolute atomic E-state index is 0.0155. The molecule has 0 spiro atoms. The third-order valence-electron chi connectivity index (χ3n) is 5.05. The fourth-order valence-electron chi connectivity index (χ4n) is 3.58. The van der Waals surface area contributed by atoms with E-state index in [0.29, 0.717) is 13.0 Å². The molecule has 4 rings (SSSR count). The van der Waals surface area contributed by atoms with Crippen molar-refractivity contribution in [2.75, 3.05) is 6.54 Å². The van der Waals surface area contributed by atoms with Crippen molar-refractivity contribution in [2.45, 2.75) is 32.7 Å². The SMILES string of the molecule is Cc1cc(-c2ccc3ncc(CN4CCCCC4=O)n3c2)cn(C)c1=O. The van der Waals surface area contributed by atoms with Crippen LogP contribution in [0.3, 0.4) is 0 Å². The van der Waals surface area contributed by atoms with E-state index in [9.17, 15) is 9.59 Å². The van der Waals surface area contributed by atoms with E-state index in [4.69, 9.17) is 0 Å². The predicted octanol–water partition coefficient (Wildman–Crippen LogP) is 2.52. The summed E-state index contributed by atoms with van der Waals surface area (Å²) < 4.78 is 3.65. The van der Waals surface area contributed by atoms with E-state index in [1.165, 1.54) is 0 Å². The van der Waals surface area contributed by atoms with E-state index in [1.807, 2.05) is 53.0 Å². The maximum Gasteiger partial charge on any atom is 0.253 e. The lowest BCUT2D eigenvalue weighted by Crippen LogP contribution is -2.34. The number of aryl methyl sites for hydroxylation is 2. The van der Waals surface area contributed by atoms with E-state index in [-0.39, 0.29) is 11.5 Å². The van der Waals surface area contributed by atoms with E-state index in [1.54, 1.807) is 11.6 Å². The normalized spacial score (nSPS) is 15.0. The van der Waals surface area contributed by atoms with Crippen LogP contribution in [0.15, 0.2) is 41.6 Å². The number of carbonyl (C=O) groups is 1. The van der Waals surface area contributed by atoms with Gasteiger partial charge in [0.1, 0.15) is 5.65 Å². The summed E-state index contributed by atoms with van der Waals surface area (Å²) in [5.74, 6) is 0.219. The van der Waals surface area contributed by atoms with Gasteiger partial charge in [0, 0.05) is 38.0 Å². The molecule has 6 heteroatoms. The van der Waals surface area contributed by atoms with Crippen molar-refractivity contribution < 1.29 is 4.79 Å². The lowest BCUT2D eigenvalue weighted by atomic mass is 10.1. The Kier molecular flexibility index (Phi) is 4.11. The van der Waals surface area contributed by atoms with Crippen LogP contribution in [0.2, 0.25) is 0 Å². The Labute approximate surface area is 151 Å². The van der Waals surface area contributed by atoms with Crippen molar-refractivity contribution >= 4 is 11.6 Å². The molecular weight excluding hydrogens is 328 g/mol. The maximum absolute atomic E-state index is 12.1. The third kappa shape index (κ3) is 2.92. The Morgan fingerprint density at radius 2 is 1.96 bits per heavy atom. The third-order valence-corrected chi connectivity index (χ3v) is 5.05. The molecule has 26 heavy (non-hydrogen) atoms. The van der Waals surface area contributed by atoms with Crippen molar-refractivity contribution in [2.24, 2.45) is 7.05 Å². The summed E-state index contributed by atoms with van der Waals surface area (Å²) in [6, 6.07) is 5.89. The summed E-state index contributed by atoms with van der Waals surface area (Å²) in [5, 5.41) is 0. The first-order valence-electron chi connectivity index (χ1n) is 8.94. The fourth-order valence-corrected chi connectivity index (χ4v) is 3.58. The van der Waals surface area contributed by atoms with Gasteiger partial charge in [-0.2, -0.15) is 0 Å². The highest BCUT2D eigenvalue weighted by Crippen LogP contribution is 2.22. The number of fused-ring (bicyclic) bond motifs is 1. The summed E-state index contributed by atoms with van der Waals surface area (Å²) in [5.41, 5.74) is 4.59. The predicted molar refractivity (Wildman–Crippen MR) is 99.9 cm³/mol. The Balaban J connectivity index is 1.73. The molecule has 0 aromatic carbocycles. The second kappa shape index (κ2) is 6.44. The average molecular weight is 350 g/mol. The van der Waals surface area contributed by atoms with Gasteiger partial charge < -0.3 is 13.9 Å². The zero-order valence-electron chi connectivity index (χ0n) is 15.1. The molecule has 0 N–H and O–H groups in total. The summed E-state index contributed by atoms with van der Waals surface area (Å²) in [4.78, 5) is 30.4. The molecule has 1 fully saturated rings. The van der Waals surface area contributed by atoms with Crippen LogP contribution in [0.25, 0.3) is 16.8 Å². The number of likely N-dealkylation sites (tertiary alicyclic amines) is 1. The maximum atomic E-state index is 12.1. The minimum Gasteiger partial charge on any atom is -0.337 e. The van der Waals surface area contributed by atoms with Gasteiger partial charge in [0.05, 0.1) is 18.4 Å². The number of amides is 1. The second-order valence-electron chi connectivity index (χ2n) is 7.00. The molecule has 4 heterocycles. The number of hydrogen-bond donors (Lipinski definition) is 0. The molecule has 0 atom stereocenters. The van der Waals surface area contributed by atoms with Gasteiger partial charge in [-0.25, -0.2) is 4.98 Å². The van der Waals surface area contributed by atoms with Crippen LogP contribution in [0, 0.1) is 6.92 Å². The molecule has 6 nitrogen and oxygen atoms in total. The molecule has 3 aromatic heterocycles. The van der Waals surface area contributed by atoms with Gasteiger partial charge in [-0.15, -0.1) is 0 Å². The van der Waals surface area contributed by atoms with E-state index in [0.717, 1.165) is 47.4 Å². The first-order valence-corrected chi connectivity index (χ1v) is 8.94. The first kappa shape index (κ1) is 16.6. The molecule has 1 aliphatic heterocycles. The van der Waals surface area contributed by atoms with Crippen LogP contribution >= 0.6 is 0 Å². The van der Waals surface area contributed by atoms with Crippen molar-refractivity contribution in [3.05, 3.63) is 58.4 Å². The zero-order chi connectivity index (χ0) is 18.3. The first-order chi connectivity index (χ1) is 12.5. The number of hydrogen-bond acceptors (Lipinski definition) is 3. The average Bonchev–Trinajstić information content (AvgIpc) is 3.03. The van der Waals surface area contributed by atoms with Crippen molar-refractivity contribution in [3.63, 3.8) is 0 Å². The standard InChI is InChI=1S/C20H22N4O2/c1-14-9-16(11-22(2)20(14)26)15-6-7-18-21-10-17(24(18)12-15)13-23-8-4-3-5-19(23)25/h6-7,9-12H,3-5,8,13H2,1-2H3. The summed E-state index contributed by atoms with van der Waals surface area (Å²) in [6.07, 6.45) is 8.41. The molecule has 134 valence electrons. The van der Waals surface area contributed by atoms with Gasteiger partial charge in [0.15, 0.2) is 0 Å². The van der Waals surface area contributed by atoms with Gasteiger partial charge in [0.25, 0.3) is 5.56 Å². The van der Waals surface area contributed by atoms with Crippen molar-refractivity contribution in [1.29, 1.82) is 0 Å². The number of aromatic nitrogens is 3. The molecule has 0 saturated carbocycles. The van der Waals surface area contributed by atoms with Crippen molar-refractivity contribution in [3.8, 4) is 11.1 Å². The summed E-state index contributed by atoms with van der Waals surface area (Å²) in [6.45, 7) is 3.22. The Hall–Kier alpha value is -2.89. The fraction of sp³-hybridized carbons (Fsp3) is 0.350. The monoisotopic (exact) mass is 350 g/mol. The van der Waals surface area contributed by atoms with E-state index in [2.05, 4.69) is 4.98 Å².